The van der Waals surface area contributed by atoms with E-state index in [0.717, 1.165) is 59.3 Å². The van der Waals surface area contributed by atoms with Crippen molar-refractivity contribution >= 4 is 29.1 Å². The van der Waals surface area contributed by atoms with Gasteiger partial charge in [-0.3, -0.25) is 9.79 Å². The molecule has 27 heavy (non-hydrogen) atoms. The highest BCUT2D eigenvalue weighted by molar-refractivity contribution is 8.04. The zero-order chi connectivity index (χ0) is 19.4. The van der Waals surface area contributed by atoms with E-state index in [1.54, 1.807) is 18.9 Å². The molecule has 0 unspecified atom stereocenters. The number of fused-ring (bicyclic) bond motifs is 1. The summed E-state index contributed by atoms with van der Waals surface area (Å²) in [6.07, 6.45) is 6.11. The lowest BCUT2D eigenvalue weighted by atomic mass is 9.78. The lowest BCUT2D eigenvalue weighted by Crippen LogP contribution is -2.29. The van der Waals surface area contributed by atoms with Gasteiger partial charge in [-0.05, 0) is 31.1 Å². The number of unbranched alkanes of at least 4 members (excludes halogenated alkanes) is 2. The molecule has 146 valence electrons. The number of nitrogens with one attached hydrogen (secondary N) is 1. The van der Waals surface area contributed by atoms with Crippen LogP contribution in [0.1, 0.15) is 52.4 Å². The van der Waals surface area contributed by atoms with Crippen molar-refractivity contribution in [3.8, 4) is 5.88 Å². The summed E-state index contributed by atoms with van der Waals surface area (Å²) in [6.45, 7) is 5.22. The number of aromatic nitrogens is 2. The number of hydrogen-bond donors (Lipinski definition) is 2. The predicted octanol–water partition coefficient (Wildman–Crippen LogP) is 4.12. The van der Waals surface area contributed by atoms with Crippen molar-refractivity contribution in [3.05, 3.63) is 16.9 Å². The highest BCUT2D eigenvalue weighted by Gasteiger charge is 2.36. The fourth-order valence-corrected chi connectivity index (χ4v) is 4.43. The highest BCUT2D eigenvalue weighted by atomic mass is 32.2. The third-order valence-corrected chi connectivity index (χ3v) is 5.82. The first kappa shape index (κ1) is 19.7. The summed E-state index contributed by atoms with van der Waals surface area (Å²) in [4.78, 5) is 25.2. The number of allylic oxidation sites excluding steroid dienone is 2. The lowest BCUT2D eigenvalue weighted by Gasteiger charge is -2.36. The Kier molecular flexibility index (Phi) is 6.04. The lowest BCUT2D eigenvalue weighted by molar-refractivity contribution is -0.137. The summed E-state index contributed by atoms with van der Waals surface area (Å²) in [5.74, 6) is -0.176. The van der Waals surface area contributed by atoms with E-state index in [-0.39, 0.29) is 11.8 Å². The summed E-state index contributed by atoms with van der Waals surface area (Å²) in [7, 11) is 1.61. The largest absolute Gasteiger partial charge is 0.481 e. The van der Waals surface area contributed by atoms with Gasteiger partial charge in [0, 0.05) is 18.7 Å². The summed E-state index contributed by atoms with van der Waals surface area (Å²) >= 11 is 1.63. The van der Waals surface area contributed by atoms with Gasteiger partial charge < -0.3 is 15.2 Å². The van der Waals surface area contributed by atoms with Gasteiger partial charge in [0.05, 0.1) is 17.7 Å². The van der Waals surface area contributed by atoms with Crippen LogP contribution >= 0.6 is 11.8 Å². The van der Waals surface area contributed by atoms with Crippen molar-refractivity contribution in [2.45, 2.75) is 57.4 Å². The fraction of sp³-hybridized carbons (Fsp3) is 0.579. The maximum absolute atomic E-state index is 10.6. The monoisotopic (exact) mass is 390 g/mol. The van der Waals surface area contributed by atoms with E-state index in [2.05, 4.69) is 29.1 Å². The number of carbonyl (C=O) groups is 1. The number of nitrogens with zero attached hydrogens (tertiary/aromatic N) is 3. The second kappa shape index (κ2) is 8.29. The Balaban J connectivity index is 1.75. The molecule has 0 saturated heterocycles. The molecule has 8 heteroatoms. The van der Waals surface area contributed by atoms with E-state index in [1.165, 1.54) is 6.33 Å². The van der Waals surface area contributed by atoms with Crippen molar-refractivity contribution in [1.82, 2.24) is 9.97 Å². The molecule has 1 aliphatic carbocycles. The predicted molar refractivity (Wildman–Crippen MR) is 107 cm³/mol. The molecule has 1 aromatic rings. The molecule has 0 spiro atoms. The van der Waals surface area contributed by atoms with Crippen molar-refractivity contribution in [1.29, 1.82) is 0 Å². The summed E-state index contributed by atoms with van der Waals surface area (Å²) in [5, 5.41) is 13.1. The van der Waals surface area contributed by atoms with Gasteiger partial charge in [0.2, 0.25) is 5.88 Å². The minimum Gasteiger partial charge on any atom is -0.481 e. The van der Waals surface area contributed by atoms with Crippen LogP contribution in [0.25, 0.3) is 0 Å². The second-order valence-electron chi connectivity index (χ2n) is 7.65. The van der Waals surface area contributed by atoms with Crippen LogP contribution in [-0.2, 0) is 4.79 Å². The fourth-order valence-electron chi connectivity index (χ4n) is 3.40. The number of aliphatic imine (C=N–C) groups is 1. The molecule has 2 aliphatic rings. The Bertz CT molecular complexity index is 789. The average Bonchev–Trinajstić information content (AvgIpc) is 2.61. The molecular weight excluding hydrogens is 364 g/mol. The zero-order valence-corrected chi connectivity index (χ0v) is 16.9. The molecule has 2 heterocycles. The number of carboxylic acid groups (broad SMARTS) is 1. The molecule has 3 rings (SSSR count). The van der Waals surface area contributed by atoms with Crippen LogP contribution in [0, 0.1) is 5.41 Å². The minimum atomic E-state index is -0.731. The molecule has 0 atom stereocenters. The van der Waals surface area contributed by atoms with Crippen molar-refractivity contribution in [2.75, 3.05) is 19.0 Å². The van der Waals surface area contributed by atoms with Gasteiger partial charge in [0.25, 0.3) is 0 Å². The quantitative estimate of drug-likeness (QED) is 0.534. The van der Waals surface area contributed by atoms with E-state index in [1.807, 2.05) is 0 Å². The summed E-state index contributed by atoms with van der Waals surface area (Å²) < 4.78 is 5.37. The molecule has 0 aromatic carbocycles. The van der Waals surface area contributed by atoms with E-state index in [4.69, 9.17) is 14.8 Å². The van der Waals surface area contributed by atoms with Crippen molar-refractivity contribution in [2.24, 2.45) is 10.4 Å². The molecule has 0 fully saturated rings. The van der Waals surface area contributed by atoms with E-state index >= 15 is 0 Å². The van der Waals surface area contributed by atoms with E-state index < -0.39 is 5.97 Å². The maximum Gasteiger partial charge on any atom is 0.303 e. The number of thioether (sulfide) groups is 1. The molecular formula is C19H26N4O3S. The molecule has 0 saturated carbocycles. The summed E-state index contributed by atoms with van der Waals surface area (Å²) in [6, 6.07) is 0. The zero-order valence-electron chi connectivity index (χ0n) is 16.0. The Morgan fingerprint density at radius 2 is 2.15 bits per heavy atom. The first-order chi connectivity index (χ1) is 12.9. The Hall–Kier alpha value is -2.09. The third kappa shape index (κ3) is 4.80. The van der Waals surface area contributed by atoms with Crippen LogP contribution in [0.2, 0.25) is 0 Å². The first-order valence-electron chi connectivity index (χ1n) is 9.22. The Morgan fingerprint density at radius 1 is 1.33 bits per heavy atom. The number of ether oxygens (including phenoxy) is 1. The third-order valence-electron chi connectivity index (χ3n) is 4.63. The van der Waals surface area contributed by atoms with Gasteiger partial charge in [-0.15, -0.1) is 0 Å². The normalized spacial score (nSPS) is 19.3. The van der Waals surface area contributed by atoms with Crippen molar-refractivity contribution in [3.63, 3.8) is 0 Å². The molecule has 0 bridgehead atoms. The summed E-state index contributed by atoms with van der Waals surface area (Å²) in [5.41, 5.74) is 3.21. The van der Waals surface area contributed by atoms with Crippen molar-refractivity contribution < 1.29 is 14.6 Å². The Morgan fingerprint density at radius 3 is 2.89 bits per heavy atom. The average molecular weight is 391 g/mol. The minimum absolute atomic E-state index is 0.120. The Labute approximate surface area is 163 Å². The highest BCUT2D eigenvalue weighted by Crippen LogP contribution is 2.49. The number of carboxylic acids is 1. The van der Waals surface area contributed by atoms with Gasteiger partial charge in [-0.1, -0.05) is 32.0 Å². The molecule has 1 aromatic heterocycles. The topological polar surface area (TPSA) is 96.7 Å². The molecule has 2 N–H and O–H groups in total. The van der Waals surface area contributed by atoms with Crippen LogP contribution in [0.3, 0.4) is 0 Å². The molecule has 0 radical (unpaired) electrons. The van der Waals surface area contributed by atoms with Crippen LogP contribution in [-0.4, -0.2) is 40.4 Å². The van der Waals surface area contributed by atoms with Gasteiger partial charge in [-0.2, -0.15) is 4.98 Å². The van der Waals surface area contributed by atoms with Crippen LogP contribution in [0.4, 0.5) is 5.69 Å². The first-order valence-corrected chi connectivity index (χ1v) is 10.0. The number of rotatable bonds is 7. The van der Waals surface area contributed by atoms with Crippen LogP contribution in [0.5, 0.6) is 5.88 Å². The van der Waals surface area contributed by atoms with E-state index in [0.29, 0.717) is 12.3 Å². The van der Waals surface area contributed by atoms with Crippen LogP contribution in [0.15, 0.2) is 26.9 Å². The number of aliphatic carboxylic acids is 1. The van der Waals surface area contributed by atoms with Gasteiger partial charge in [0.15, 0.2) is 0 Å². The van der Waals surface area contributed by atoms with Crippen LogP contribution < -0.4 is 10.1 Å². The molecule has 1 aliphatic heterocycles. The number of hydrogen-bond acceptors (Lipinski definition) is 7. The molecule has 0 amide bonds. The van der Waals surface area contributed by atoms with Gasteiger partial charge in [0.1, 0.15) is 17.0 Å². The molecule has 7 nitrogen and oxygen atoms in total. The van der Waals surface area contributed by atoms with Gasteiger partial charge in [-0.25, -0.2) is 4.98 Å². The number of methoxy groups -OCH3 is 1. The SMILES string of the molecule is COc1ncnc2c1NC1=C(S2)C(=NCCCCCC(=O)O)CC(C)(C)C1. The second-order valence-corrected chi connectivity index (χ2v) is 8.65. The standard InChI is InChI=1S/C19H26N4O3S/c1-19(2)9-12(20-8-6-4-5-7-14(24)25)16-13(10-19)23-15-17(26-3)21-11-22-18(15)27-16/h11,23H,4-10H2,1-3H3,(H,24,25). The van der Waals surface area contributed by atoms with E-state index in [9.17, 15) is 4.79 Å². The maximum atomic E-state index is 10.6. The smallest absolute Gasteiger partial charge is 0.303 e. The number of anilines is 1. The van der Waals surface area contributed by atoms with Gasteiger partial charge >= 0.3 is 5.97 Å².